The molecule has 0 radical (unpaired) electrons. The van der Waals surface area contributed by atoms with Crippen molar-refractivity contribution in [2.75, 3.05) is 18.2 Å². The summed E-state index contributed by atoms with van der Waals surface area (Å²) in [4.78, 5) is 14.7. The van der Waals surface area contributed by atoms with Crippen molar-refractivity contribution < 1.29 is 13.2 Å². The van der Waals surface area contributed by atoms with Gasteiger partial charge in [-0.05, 0) is 63.5 Å². The van der Waals surface area contributed by atoms with Gasteiger partial charge in [-0.1, -0.05) is 17.7 Å². The third kappa shape index (κ3) is 4.72. The number of nitrogens with two attached hydrogens (primary N) is 1. The number of benzene rings is 1. The zero-order valence-corrected chi connectivity index (χ0v) is 18.5. The van der Waals surface area contributed by atoms with E-state index in [1.807, 2.05) is 37.8 Å². The van der Waals surface area contributed by atoms with E-state index in [1.54, 1.807) is 11.8 Å². The fourth-order valence-electron chi connectivity index (χ4n) is 4.47. The Morgan fingerprint density at radius 1 is 1.18 bits per heavy atom. The van der Waals surface area contributed by atoms with E-state index < -0.39 is 16.1 Å². The fourth-order valence-corrected chi connectivity index (χ4v) is 7.18. The lowest BCUT2D eigenvalue weighted by Gasteiger charge is -2.33. The highest BCUT2D eigenvalue weighted by Crippen LogP contribution is 2.30. The van der Waals surface area contributed by atoms with Gasteiger partial charge in [0.25, 0.3) is 0 Å². The lowest BCUT2D eigenvalue weighted by molar-refractivity contribution is -0.132. The molecule has 1 amide bonds. The highest BCUT2D eigenvalue weighted by Gasteiger charge is 2.34. The molecule has 3 N–H and O–H groups in total. The van der Waals surface area contributed by atoms with E-state index >= 15 is 0 Å². The molecule has 2 fully saturated rings. The number of carbonyl (C=O) groups excluding carboxylic acids is 1. The minimum Gasteiger partial charge on any atom is -0.331 e. The summed E-state index contributed by atoms with van der Waals surface area (Å²) < 4.78 is 28.8. The second-order valence-corrected chi connectivity index (χ2v) is 10.9. The van der Waals surface area contributed by atoms with Gasteiger partial charge in [-0.15, -0.1) is 11.8 Å². The van der Waals surface area contributed by atoms with Crippen LogP contribution in [0.4, 0.5) is 0 Å². The maximum atomic E-state index is 13.0. The monoisotopic (exact) mass is 425 g/mol. The number of nitrogens with zero attached hydrogens (tertiary/aromatic N) is 1. The zero-order chi connectivity index (χ0) is 20.5. The Hall–Kier alpha value is -1.09. The molecule has 6 nitrogen and oxygen atoms in total. The Balaban J connectivity index is 1.60. The molecule has 1 unspecified atom stereocenters. The molecule has 8 heteroatoms. The van der Waals surface area contributed by atoms with Crippen molar-refractivity contribution in [3.63, 3.8) is 0 Å². The number of aryl methyl sites for hydroxylation is 3. The first-order valence-electron chi connectivity index (χ1n) is 9.91. The van der Waals surface area contributed by atoms with E-state index in [0.717, 1.165) is 47.7 Å². The Bertz CT molecular complexity index is 804. The van der Waals surface area contributed by atoms with Crippen molar-refractivity contribution in [1.29, 1.82) is 0 Å². The molecule has 28 heavy (non-hydrogen) atoms. The summed E-state index contributed by atoms with van der Waals surface area (Å²) in [7, 11) is -3.56. The van der Waals surface area contributed by atoms with Gasteiger partial charge in [-0.3, -0.25) is 4.79 Å². The summed E-state index contributed by atoms with van der Waals surface area (Å²) in [5, 5.41) is 0. The predicted octanol–water partition coefficient (Wildman–Crippen LogP) is 2.31. The molecule has 1 aromatic carbocycles. The fraction of sp³-hybridized carbons (Fsp3) is 0.650. The predicted molar refractivity (Wildman–Crippen MR) is 114 cm³/mol. The first kappa shape index (κ1) is 21.6. The number of hydrogen-bond donors (Lipinski definition) is 2. The van der Waals surface area contributed by atoms with Gasteiger partial charge in [0.2, 0.25) is 15.9 Å². The van der Waals surface area contributed by atoms with Crippen LogP contribution in [0.2, 0.25) is 0 Å². The molecule has 0 bridgehead atoms. The van der Waals surface area contributed by atoms with Crippen LogP contribution in [0, 0.1) is 26.7 Å². The number of amides is 1. The second kappa shape index (κ2) is 8.73. The molecule has 1 saturated heterocycles. The summed E-state index contributed by atoms with van der Waals surface area (Å²) in [6.45, 7) is 6.43. The quantitative estimate of drug-likeness (QED) is 0.755. The molecule has 1 aromatic rings. The highest BCUT2D eigenvalue weighted by molar-refractivity contribution is 7.99. The topological polar surface area (TPSA) is 92.5 Å². The van der Waals surface area contributed by atoms with Gasteiger partial charge >= 0.3 is 0 Å². The van der Waals surface area contributed by atoms with Gasteiger partial charge in [0.15, 0.2) is 0 Å². The highest BCUT2D eigenvalue weighted by atomic mass is 32.2. The minimum atomic E-state index is -3.56. The van der Waals surface area contributed by atoms with Crippen LogP contribution in [0.25, 0.3) is 0 Å². The largest absolute Gasteiger partial charge is 0.331 e. The number of hydrogen-bond acceptors (Lipinski definition) is 5. The van der Waals surface area contributed by atoms with Crippen LogP contribution >= 0.6 is 11.8 Å². The van der Waals surface area contributed by atoms with Crippen LogP contribution < -0.4 is 10.5 Å². The zero-order valence-electron chi connectivity index (χ0n) is 16.9. The summed E-state index contributed by atoms with van der Waals surface area (Å²) in [6.07, 6.45) is 2.97. The van der Waals surface area contributed by atoms with E-state index in [9.17, 15) is 13.2 Å². The maximum absolute atomic E-state index is 13.0. The first-order valence-corrected chi connectivity index (χ1v) is 12.5. The number of sulfonamides is 1. The molecule has 156 valence electrons. The van der Waals surface area contributed by atoms with Crippen LogP contribution in [0.15, 0.2) is 17.0 Å². The van der Waals surface area contributed by atoms with Gasteiger partial charge in [0.05, 0.1) is 16.8 Å². The van der Waals surface area contributed by atoms with E-state index in [-0.39, 0.29) is 17.9 Å². The Kier molecular flexibility index (Phi) is 6.74. The molecule has 3 rings (SSSR count). The molecule has 2 aliphatic rings. The molecule has 1 aliphatic carbocycles. The van der Waals surface area contributed by atoms with Crippen LogP contribution in [0.1, 0.15) is 42.4 Å². The van der Waals surface area contributed by atoms with Crippen molar-refractivity contribution >= 4 is 27.7 Å². The number of rotatable bonds is 5. The third-order valence-electron chi connectivity index (χ3n) is 5.82. The number of thioether (sulfide) groups is 1. The molecule has 0 aromatic heterocycles. The molecular weight excluding hydrogens is 394 g/mol. The normalized spacial score (nSPS) is 24.4. The van der Waals surface area contributed by atoms with Crippen molar-refractivity contribution in [3.8, 4) is 0 Å². The van der Waals surface area contributed by atoms with E-state index in [1.165, 1.54) is 0 Å². The number of carbonyl (C=O) groups is 1. The Morgan fingerprint density at radius 2 is 1.79 bits per heavy atom. The van der Waals surface area contributed by atoms with Crippen LogP contribution in [-0.4, -0.2) is 49.5 Å². The molecule has 1 aliphatic heterocycles. The average Bonchev–Trinajstić information content (AvgIpc) is 3.14. The van der Waals surface area contributed by atoms with Crippen LogP contribution in [0.3, 0.4) is 0 Å². The van der Waals surface area contributed by atoms with Crippen molar-refractivity contribution in [3.05, 3.63) is 28.8 Å². The molecule has 0 spiro atoms. The maximum Gasteiger partial charge on any atom is 0.241 e. The van der Waals surface area contributed by atoms with Crippen molar-refractivity contribution in [2.45, 2.75) is 63.4 Å². The Labute approximate surface area is 172 Å². The van der Waals surface area contributed by atoms with Gasteiger partial charge in [-0.2, -0.15) is 0 Å². The van der Waals surface area contributed by atoms with Crippen molar-refractivity contribution in [2.24, 2.45) is 11.7 Å². The van der Waals surface area contributed by atoms with Gasteiger partial charge < -0.3 is 10.6 Å². The lowest BCUT2D eigenvalue weighted by Crippen LogP contribution is -2.49. The SMILES string of the molecule is Cc1cc(C)c(S(=O)(=O)NC2CCC(C(N)C(=O)N3CCSC3)CC2)c(C)c1. The molecular formula is C20H31N3O3S2. The van der Waals surface area contributed by atoms with E-state index in [0.29, 0.717) is 17.7 Å². The molecule has 1 heterocycles. The Morgan fingerprint density at radius 3 is 2.32 bits per heavy atom. The lowest BCUT2D eigenvalue weighted by atomic mass is 9.81. The second-order valence-electron chi connectivity index (χ2n) is 8.13. The van der Waals surface area contributed by atoms with E-state index in [2.05, 4.69) is 4.72 Å². The van der Waals surface area contributed by atoms with Crippen LogP contribution in [-0.2, 0) is 14.8 Å². The van der Waals surface area contributed by atoms with Crippen molar-refractivity contribution in [1.82, 2.24) is 9.62 Å². The summed E-state index contributed by atoms with van der Waals surface area (Å²) in [6, 6.07) is 3.23. The number of nitrogens with one attached hydrogen (secondary N) is 1. The minimum absolute atomic E-state index is 0.0416. The third-order valence-corrected chi connectivity index (χ3v) is 8.61. The summed E-state index contributed by atoms with van der Waals surface area (Å²) in [5.74, 6) is 1.88. The van der Waals surface area contributed by atoms with Gasteiger partial charge in [0.1, 0.15) is 0 Å². The van der Waals surface area contributed by atoms with Crippen LogP contribution in [0.5, 0.6) is 0 Å². The standard InChI is InChI=1S/C20H31N3O3S2/c1-13-10-14(2)19(15(3)11-13)28(25,26)22-17-6-4-16(5-7-17)18(21)20(24)23-8-9-27-12-23/h10-11,16-18,22H,4-9,12,21H2,1-3H3. The average molecular weight is 426 g/mol. The van der Waals surface area contributed by atoms with Gasteiger partial charge in [-0.25, -0.2) is 13.1 Å². The summed E-state index contributed by atoms with van der Waals surface area (Å²) in [5.41, 5.74) is 8.86. The molecule has 1 atom stereocenters. The first-order chi connectivity index (χ1) is 13.2. The molecule has 1 saturated carbocycles. The smallest absolute Gasteiger partial charge is 0.241 e. The van der Waals surface area contributed by atoms with Gasteiger partial charge in [0, 0.05) is 18.3 Å². The summed E-state index contributed by atoms with van der Waals surface area (Å²) >= 11 is 1.76. The van der Waals surface area contributed by atoms with E-state index in [4.69, 9.17) is 5.73 Å².